The Hall–Kier alpha value is -2.54. The van der Waals surface area contributed by atoms with E-state index in [0.717, 1.165) is 17.1 Å². The van der Waals surface area contributed by atoms with Gasteiger partial charge in [-0.3, -0.25) is 0 Å². The average Bonchev–Trinajstić information content (AvgIpc) is 2.53. The summed E-state index contributed by atoms with van der Waals surface area (Å²) in [5.74, 6) is 0. The van der Waals surface area contributed by atoms with Gasteiger partial charge in [0.2, 0.25) is 0 Å². The standard InChI is InChI=1S/C20H21N/c1-4-6-10-18(5-2)21(19-11-8-7-9-12-19)20-15-13-17(3)14-16-20/h4-16H,1H2,2-3H3/b10-6-,18-5+. The number of hydrogen-bond donors (Lipinski definition) is 0. The predicted molar refractivity (Wildman–Crippen MR) is 92.9 cm³/mol. The van der Waals surface area contributed by atoms with Crippen LogP contribution in [0.3, 0.4) is 0 Å². The molecule has 2 aromatic carbocycles. The molecule has 0 amide bonds. The maximum absolute atomic E-state index is 3.75. The fourth-order valence-corrected chi connectivity index (χ4v) is 2.18. The molecule has 0 aliphatic rings. The summed E-state index contributed by atoms with van der Waals surface area (Å²) in [6.07, 6.45) is 7.92. The van der Waals surface area contributed by atoms with E-state index in [9.17, 15) is 0 Å². The number of nitrogens with zero attached hydrogens (tertiary/aromatic N) is 1. The molecular weight excluding hydrogens is 254 g/mol. The first kappa shape index (κ1) is 14.9. The molecular formula is C20H21N. The van der Waals surface area contributed by atoms with Crippen LogP contribution in [0.5, 0.6) is 0 Å². The van der Waals surface area contributed by atoms with Gasteiger partial charge in [0, 0.05) is 17.1 Å². The zero-order chi connectivity index (χ0) is 15.1. The molecule has 0 aromatic heterocycles. The first-order chi connectivity index (χ1) is 10.3. The van der Waals surface area contributed by atoms with Gasteiger partial charge in [-0.25, -0.2) is 0 Å². The first-order valence-electron chi connectivity index (χ1n) is 7.13. The predicted octanol–water partition coefficient (Wildman–Crippen LogP) is 5.78. The van der Waals surface area contributed by atoms with Crippen LogP contribution in [0.4, 0.5) is 11.4 Å². The van der Waals surface area contributed by atoms with E-state index < -0.39 is 0 Å². The minimum Gasteiger partial charge on any atom is -0.311 e. The lowest BCUT2D eigenvalue weighted by Crippen LogP contribution is -2.14. The summed E-state index contributed by atoms with van der Waals surface area (Å²) in [7, 11) is 0. The number of allylic oxidation sites excluding steroid dienone is 4. The monoisotopic (exact) mass is 275 g/mol. The highest BCUT2D eigenvalue weighted by Gasteiger charge is 2.11. The third-order valence-corrected chi connectivity index (χ3v) is 3.26. The number of anilines is 2. The topological polar surface area (TPSA) is 3.24 Å². The second-order valence-corrected chi connectivity index (χ2v) is 4.81. The Labute approximate surface area is 127 Å². The van der Waals surface area contributed by atoms with Gasteiger partial charge in [-0.05, 0) is 44.2 Å². The Kier molecular flexibility index (Phi) is 5.16. The van der Waals surface area contributed by atoms with Crippen LogP contribution in [-0.4, -0.2) is 0 Å². The third-order valence-electron chi connectivity index (χ3n) is 3.26. The molecule has 0 heterocycles. The summed E-state index contributed by atoms with van der Waals surface area (Å²) < 4.78 is 0. The zero-order valence-electron chi connectivity index (χ0n) is 12.7. The SMILES string of the molecule is C=C/C=C\C(=C/C)N(c1ccccc1)c1ccc(C)cc1. The van der Waals surface area contributed by atoms with Gasteiger partial charge in [-0.15, -0.1) is 0 Å². The number of para-hydroxylation sites is 1. The van der Waals surface area contributed by atoms with Crippen LogP contribution in [0.1, 0.15) is 12.5 Å². The van der Waals surface area contributed by atoms with Gasteiger partial charge < -0.3 is 4.90 Å². The van der Waals surface area contributed by atoms with Crippen LogP contribution in [-0.2, 0) is 0 Å². The Balaban J connectivity index is 2.51. The Morgan fingerprint density at radius 1 is 0.952 bits per heavy atom. The Morgan fingerprint density at radius 3 is 2.14 bits per heavy atom. The van der Waals surface area contributed by atoms with Gasteiger partial charge in [0.05, 0.1) is 0 Å². The number of hydrogen-bond acceptors (Lipinski definition) is 1. The van der Waals surface area contributed by atoms with Crippen molar-refractivity contribution >= 4 is 11.4 Å². The zero-order valence-corrected chi connectivity index (χ0v) is 12.7. The smallest absolute Gasteiger partial charge is 0.0461 e. The maximum Gasteiger partial charge on any atom is 0.0461 e. The number of benzene rings is 2. The lowest BCUT2D eigenvalue weighted by molar-refractivity contribution is 1.20. The molecule has 21 heavy (non-hydrogen) atoms. The van der Waals surface area contributed by atoms with Crippen LogP contribution < -0.4 is 4.90 Å². The summed E-state index contributed by atoms with van der Waals surface area (Å²) in [4.78, 5) is 2.24. The molecule has 0 spiro atoms. The minimum absolute atomic E-state index is 1.12. The van der Waals surface area contributed by atoms with E-state index in [1.165, 1.54) is 5.56 Å². The lowest BCUT2D eigenvalue weighted by atomic mass is 10.1. The quantitative estimate of drug-likeness (QED) is 0.625. The van der Waals surface area contributed by atoms with Crippen LogP contribution in [0.15, 0.2) is 91.2 Å². The van der Waals surface area contributed by atoms with Crippen molar-refractivity contribution in [2.75, 3.05) is 4.90 Å². The van der Waals surface area contributed by atoms with E-state index in [1.54, 1.807) is 6.08 Å². The van der Waals surface area contributed by atoms with Gasteiger partial charge in [-0.1, -0.05) is 60.7 Å². The molecule has 0 unspecified atom stereocenters. The van der Waals surface area contributed by atoms with E-state index in [4.69, 9.17) is 0 Å². The number of rotatable bonds is 5. The van der Waals surface area contributed by atoms with Crippen molar-refractivity contribution in [1.82, 2.24) is 0 Å². The molecule has 1 heteroatoms. The van der Waals surface area contributed by atoms with Crippen molar-refractivity contribution in [2.24, 2.45) is 0 Å². The summed E-state index contributed by atoms with van der Waals surface area (Å²) in [6.45, 7) is 7.90. The number of aryl methyl sites for hydroxylation is 1. The Bertz CT molecular complexity index is 633. The van der Waals surface area contributed by atoms with Gasteiger partial charge in [0.15, 0.2) is 0 Å². The van der Waals surface area contributed by atoms with Gasteiger partial charge >= 0.3 is 0 Å². The molecule has 0 radical (unpaired) electrons. The van der Waals surface area contributed by atoms with E-state index in [2.05, 4.69) is 79.1 Å². The Morgan fingerprint density at radius 2 is 1.57 bits per heavy atom. The molecule has 2 rings (SSSR count). The fourth-order valence-electron chi connectivity index (χ4n) is 2.18. The molecule has 0 aliphatic heterocycles. The van der Waals surface area contributed by atoms with Crippen LogP contribution in [0.25, 0.3) is 0 Å². The molecule has 2 aromatic rings. The van der Waals surface area contributed by atoms with Crippen molar-refractivity contribution in [3.05, 3.63) is 96.7 Å². The van der Waals surface area contributed by atoms with Crippen LogP contribution in [0.2, 0.25) is 0 Å². The third kappa shape index (κ3) is 3.73. The average molecular weight is 275 g/mol. The fraction of sp³-hybridized carbons (Fsp3) is 0.100. The second kappa shape index (κ2) is 7.30. The van der Waals surface area contributed by atoms with Crippen LogP contribution >= 0.6 is 0 Å². The van der Waals surface area contributed by atoms with Gasteiger partial charge in [0.1, 0.15) is 0 Å². The van der Waals surface area contributed by atoms with E-state index in [-0.39, 0.29) is 0 Å². The summed E-state index contributed by atoms with van der Waals surface area (Å²) in [6, 6.07) is 18.9. The van der Waals surface area contributed by atoms with E-state index >= 15 is 0 Å². The molecule has 0 saturated carbocycles. The van der Waals surface area contributed by atoms with Crippen molar-refractivity contribution in [1.29, 1.82) is 0 Å². The van der Waals surface area contributed by atoms with E-state index in [0.29, 0.717) is 0 Å². The van der Waals surface area contributed by atoms with Crippen molar-refractivity contribution < 1.29 is 0 Å². The van der Waals surface area contributed by atoms with Crippen molar-refractivity contribution in [3.63, 3.8) is 0 Å². The summed E-state index contributed by atoms with van der Waals surface area (Å²) in [5, 5.41) is 0. The summed E-state index contributed by atoms with van der Waals surface area (Å²) >= 11 is 0. The molecule has 0 atom stereocenters. The second-order valence-electron chi connectivity index (χ2n) is 4.81. The maximum atomic E-state index is 3.75. The molecule has 0 saturated heterocycles. The van der Waals surface area contributed by atoms with Crippen LogP contribution in [0, 0.1) is 6.92 Å². The molecule has 1 nitrogen and oxygen atoms in total. The lowest BCUT2D eigenvalue weighted by Gasteiger charge is -2.26. The first-order valence-corrected chi connectivity index (χ1v) is 7.13. The molecule has 0 N–H and O–H groups in total. The van der Waals surface area contributed by atoms with Gasteiger partial charge in [0.25, 0.3) is 0 Å². The molecule has 0 fully saturated rings. The molecule has 106 valence electrons. The van der Waals surface area contributed by atoms with E-state index in [1.807, 2.05) is 19.1 Å². The highest BCUT2D eigenvalue weighted by molar-refractivity contribution is 5.70. The normalized spacial score (nSPS) is 11.6. The van der Waals surface area contributed by atoms with Crippen molar-refractivity contribution in [2.45, 2.75) is 13.8 Å². The van der Waals surface area contributed by atoms with Crippen molar-refractivity contribution in [3.8, 4) is 0 Å². The van der Waals surface area contributed by atoms with Gasteiger partial charge in [-0.2, -0.15) is 0 Å². The molecule has 0 bridgehead atoms. The highest BCUT2D eigenvalue weighted by atomic mass is 15.1. The highest BCUT2D eigenvalue weighted by Crippen LogP contribution is 2.30. The largest absolute Gasteiger partial charge is 0.311 e. The summed E-state index contributed by atoms with van der Waals surface area (Å²) in [5.41, 5.74) is 4.66. The minimum atomic E-state index is 1.12. The molecule has 0 aliphatic carbocycles.